The van der Waals surface area contributed by atoms with E-state index >= 15 is 0 Å². The molecule has 0 atom stereocenters. The van der Waals surface area contributed by atoms with Crippen LogP contribution >= 0.6 is 0 Å². The highest BCUT2D eigenvalue weighted by molar-refractivity contribution is 7.89. The van der Waals surface area contributed by atoms with Crippen molar-refractivity contribution >= 4 is 21.6 Å². The lowest BCUT2D eigenvalue weighted by atomic mass is 10.2. The van der Waals surface area contributed by atoms with Gasteiger partial charge in [-0.1, -0.05) is 18.6 Å². The number of aromatic nitrogens is 1. The van der Waals surface area contributed by atoms with Crippen LogP contribution < -0.4 is 5.32 Å². The number of pyridine rings is 1. The molecule has 1 aromatic heterocycles. The summed E-state index contributed by atoms with van der Waals surface area (Å²) in [6.45, 7) is 2.90. The zero-order chi connectivity index (χ0) is 18.6. The maximum Gasteiger partial charge on any atom is 0.245 e. The molecule has 0 saturated carbocycles. The highest BCUT2D eigenvalue weighted by Crippen LogP contribution is 2.28. The van der Waals surface area contributed by atoms with Gasteiger partial charge in [0.15, 0.2) is 0 Å². The lowest BCUT2D eigenvalue weighted by molar-refractivity contribution is -0.115. The van der Waals surface area contributed by atoms with Crippen molar-refractivity contribution < 1.29 is 13.2 Å². The van der Waals surface area contributed by atoms with Crippen molar-refractivity contribution in [3.63, 3.8) is 0 Å². The molecule has 0 radical (unpaired) electrons. The molecule has 1 aromatic carbocycles. The van der Waals surface area contributed by atoms with E-state index in [1.54, 1.807) is 36.7 Å². The minimum atomic E-state index is -3.63. The Morgan fingerprint density at radius 3 is 2.65 bits per heavy atom. The molecule has 2 aromatic rings. The van der Waals surface area contributed by atoms with E-state index < -0.39 is 10.0 Å². The first-order valence-electron chi connectivity index (χ1n) is 8.76. The lowest BCUT2D eigenvalue weighted by Gasteiger charge is -2.27. The number of amides is 1. The van der Waals surface area contributed by atoms with Crippen LogP contribution in [0.5, 0.6) is 0 Å². The quantitative estimate of drug-likeness (QED) is 0.874. The van der Waals surface area contributed by atoms with Crippen molar-refractivity contribution in [2.24, 2.45) is 0 Å². The summed E-state index contributed by atoms with van der Waals surface area (Å²) in [6.07, 6.45) is 6.20. The first-order valence-corrected chi connectivity index (χ1v) is 10.2. The number of hydrogen-bond acceptors (Lipinski definition) is 4. The summed E-state index contributed by atoms with van der Waals surface area (Å²) in [5.74, 6) is -0.267. The van der Waals surface area contributed by atoms with Crippen LogP contribution in [0.3, 0.4) is 0 Å². The fourth-order valence-corrected chi connectivity index (χ4v) is 4.82. The van der Waals surface area contributed by atoms with Gasteiger partial charge in [-0.05, 0) is 49.1 Å². The Hall–Kier alpha value is -2.25. The second-order valence-electron chi connectivity index (χ2n) is 6.55. The number of nitrogens with one attached hydrogen (secondary N) is 1. The van der Waals surface area contributed by atoms with Gasteiger partial charge in [-0.15, -0.1) is 0 Å². The van der Waals surface area contributed by atoms with Crippen LogP contribution in [0.25, 0.3) is 0 Å². The van der Waals surface area contributed by atoms with E-state index in [1.807, 2.05) is 13.0 Å². The van der Waals surface area contributed by atoms with Gasteiger partial charge in [-0.3, -0.25) is 9.78 Å². The predicted molar refractivity (Wildman–Crippen MR) is 100 cm³/mol. The van der Waals surface area contributed by atoms with Gasteiger partial charge in [-0.2, -0.15) is 4.31 Å². The summed E-state index contributed by atoms with van der Waals surface area (Å²) in [4.78, 5) is 16.5. The number of piperidine rings is 1. The van der Waals surface area contributed by atoms with Crippen molar-refractivity contribution in [2.75, 3.05) is 18.4 Å². The Morgan fingerprint density at radius 2 is 1.96 bits per heavy atom. The normalized spacial score (nSPS) is 15.6. The highest BCUT2D eigenvalue weighted by Gasteiger charge is 2.28. The van der Waals surface area contributed by atoms with Crippen molar-refractivity contribution in [3.8, 4) is 0 Å². The molecule has 1 amide bonds. The molecule has 26 heavy (non-hydrogen) atoms. The van der Waals surface area contributed by atoms with E-state index in [-0.39, 0.29) is 17.2 Å². The van der Waals surface area contributed by atoms with Crippen molar-refractivity contribution in [1.82, 2.24) is 9.29 Å². The molecule has 0 unspecified atom stereocenters. The molecule has 1 saturated heterocycles. The van der Waals surface area contributed by atoms with Crippen molar-refractivity contribution in [1.29, 1.82) is 0 Å². The Kier molecular flexibility index (Phi) is 5.68. The maximum absolute atomic E-state index is 13.1. The number of sulfonamides is 1. The average Bonchev–Trinajstić information content (AvgIpc) is 2.64. The summed E-state index contributed by atoms with van der Waals surface area (Å²) >= 11 is 0. The molecule has 3 rings (SSSR count). The highest BCUT2D eigenvalue weighted by atomic mass is 32.2. The maximum atomic E-state index is 13.1. The summed E-state index contributed by atoms with van der Waals surface area (Å²) in [5.41, 5.74) is 1.94. The number of carbonyl (C=O) groups is 1. The second-order valence-corrected chi connectivity index (χ2v) is 8.46. The number of anilines is 1. The summed E-state index contributed by atoms with van der Waals surface area (Å²) < 4.78 is 27.6. The topological polar surface area (TPSA) is 79.4 Å². The Balaban J connectivity index is 1.85. The van der Waals surface area contributed by atoms with Crippen LogP contribution in [0.1, 0.15) is 30.4 Å². The van der Waals surface area contributed by atoms with Gasteiger partial charge in [0.05, 0.1) is 12.1 Å². The SMILES string of the molecule is Cc1ccc(NC(=O)Cc2cccnc2)c(S(=O)(=O)N2CCCCC2)c1. The molecule has 0 aliphatic carbocycles. The van der Waals surface area contributed by atoms with Crippen LogP contribution in [0.4, 0.5) is 5.69 Å². The van der Waals surface area contributed by atoms with Crippen LogP contribution in [0, 0.1) is 6.92 Å². The Morgan fingerprint density at radius 1 is 1.19 bits per heavy atom. The van der Waals surface area contributed by atoms with E-state index in [2.05, 4.69) is 10.3 Å². The van der Waals surface area contributed by atoms with Crippen LogP contribution in [-0.2, 0) is 21.2 Å². The van der Waals surface area contributed by atoms with Gasteiger partial charge in [-0.25, -0.2) is 8.42 Å². The Bertz CT molecular complexity index is 876. The molecule has 2 heterocycles. The molecule has 138 valence electrons. The van der Waals surface area contributed by atoms with E-state index in [0.29, 0.717) is 18.8 Å². The van der Waals surface area contributed by atoms with Crippen LogP contribution in [0.2, 0.25) is 0 Å². The summed E-state index contributed by atoms with van der Waals surface area (Å²) in [6, 6.07) is 8.67. The van der Waals surface area contributed by atoms with Gasteiger partial charge >= 0.3 is 0 Å². The number of hydrogen-bond donors (Lipinski definition) is 1. The van der Waals surface area contributed by atoms with Crippen molar-refractivity contribution in [3.05, 3.63) is 53.9 Å². The van der Waals surface area contributed by atoms with E-state index in [4.69, 9.17) is 0 Å². The lowest BCUT2D eigenvalue weighted by Crippen LogP contribution is -2.36. The largest absolute Gasteiger partial charge is 0.325 e. The molecular formula is C19H23N3O3S. The van der Waals surface area contributed by atoms with E-state index in [1.165, 1.54) is 4.31 Å². The van der Waals surface area contributed by atoms with Gasteiger partial charge in [0.1, 0.15) is 4.90 Å². The summed E-state index contributed by atoms with van der Waals surface area (Å²) in [7, 11) is -3.63. The number of rotatable bonds is 5. The standard InChI is InChI=1S/C19H23N3O3S/c1-15-7-8-17(21-19(23)13-16-6-5-9-20-14-16)18(12-15)26(24,25)22-10-3-2-4-11-22/h5-9,12,14H,2-4,10-11,13H2,1H3,(H,21,23). The summed E-state index contributed by atoms with van der Waals surface area (Å²) in [5, 5.41) is 2.76. The minimum absolute atomic E-state index is 0.144. The first kappa shape index (κ1) is 18.5. The molecule has 1 N–H and O–H groups in total. The van der Waals surface area contributed by atoms with Gasteiger partial charge in [0.25, 0.3) is 0 Å². The number of aryl methyl sites for hydroxylation is 1. The smallest absolute Gasteiger partial charge is 0.245 e. The Labute approximate surface area is 154 Å². The number of benzene rings is 1. The monoisotopic (exact) mass is 373 g/mol. The molecule has 6 nitrogen and oxygen atoms in total. The van der Waals surface area contributed by atoms with Crippen molar-refractivity contribution in [2.45, 2.75) is 37.5 Å². The minimum Gasteiger partial charge on any atom is -0.325 e. The molecule has 1 aliphatic heterocycles. The average molecular weight is 373 g/mol. The van der Waals surface area contributed by atoms with Crippen LogP contribution in [0.15, 0.2) is 47.6 Å². The number of nitrogens with zero attached hydrogens (tertiary/aromatic N) is 2. The number of carbonyl (C=O) groups excluding carboxylic acids is 1. The zero-order valence-electron chi connectivity index (χ0n) is 14.8. The first-order chi connectivity index (χ1) is 12.5. The molecule has 7 heteroatoms. The third-order valence-corrected chi connectivity index (χ3v) is 6.37. The molecule has 1 aliphatic rings. The fraction of sp³-hybridized carbons (Fsp3) is 0.368. The molecule has 0 spiro atoms. The fourth-order valence-electron chi connectivity index (χ4n) is 3.07. The zero-order valence-corrected chi connectivity index (χ0v) is 15.6. The second kappa shape index (κ2) is 7.97. The molecule has 1 fully saturated rings. The van der Waals surface area contributed by atoms with Gasteiger partial charge in [0.2, 0.25) is 15.9 Å². The predicted octanol–water partition coefficient (Wildman–Crippen LogP) is 2.75. The molecular weight excluding hydrogens is 350 g/mol. The van der Waals surface area contributed by atoms with Gasteiger partial charge in [0, 0.05) is 25.5 Å². The van der Waals surface area contributed by atoms with E-state index in [0.717, 1.165) is 30.4 Å². The van der Waals surface area contributed by atoms with Gasteiger partial charge < -0.3 is 5.32 Å². The third-order valence-electron chi connectivity index (χ3n) is 4.43. The molecule has 0 bridgehead atoms. The van der Waals surface area contributed by atoms with Crippen LogP contribution in [-0.4, -0.2) is 36.7 Å². The van der Waals surface area contributed by atoms with E-state index in [9.17, 15) is 13.2 Å². The third kappa shape index (κ3) is 4.28.